The quantitative estimate of drug-likeness (QED) is 0.328. The molecule has 3 atom stereocenters. The third-order valence-electron chi connectivity index (χ3n) is 4.79. The Labute approximate surface area is 186 Å². The monoisotopic (exact) mass is 478 g/mol. The van der Waals surface area contributed by atoms with E-state index in [4.69, 9.17) is 37.4 Å². The van der Waals surface area contributed by atoms with Crippen LogP contribution in [0.3, 0.4) is 0 Å². The smallest absolute Gasteiger partial charge is 0.352 e. The van der Waals surface area contributed by atoms with Crippen molar-refractivity contribution in [1.29, 1.82) is 0 Å². The van der Waals surface area contributed by atoms with Crippen LogP contribution in [0.25, 0.3) is 0 Å². The molecule has 1 saturated heterocycles. The van der Waals surface area contributed by atoms with Crippen LogP contribution in [0.5, 0.6) is 5.88 Å². The molecule has 0 aliphatic carbocycles. The Morgan fingerprint density at radius 2 is 2.29 bits per heavy atom. The first-order valence-electron chi connectivity index (χ1n) is 9.34. The summed E-state index contributed by atoms with van der Waals surface area (Å²) in [5, 5.41) is 19.0. The Morgan fingerprint density at radius 1 is 1.52 bits per heavy atom. The van der Waals surface area contributed by atoms with Gasteiger partial charge in [-0.15, -0.1) is 5.10 Å². The third-order valence-corrected chi connectivity index (χ3v) is 5.25. The van der Waals surface area contributed by atoms with Crippen molar-refractivity contribution in [3.63, 3.8) is 0 Å². The van der Waals surface area contributed by atoms with Crippen LogP contribution in [0.2, 0.25) is 10.3 Å². The normalized spacial score (nSPS) is 19.8. The van der Waals surface area contributed by atoms with Gasteiger partial charge >= 0.3 is 11.6 Å². The fourth-order valence-electron chi connectivity index (χ4n) is 3.14. The number of nitro groups is 1. The standard InChI is InChI=1S/C17H21Cl2FN6O5/c1-9-14(26(27)28)16(24-25(9)13-3-4-30-8-12(13)20)31-7-10(29-2)5-21-15-11(18)6-22-17(19)23-15/h6,10,12-13H,3-5,7-8H2,1-2H3,(H,21,22,23). The number of halogens is 3. The van der Waals surface area contributed by atoms with Gasteiger partial charge in [0.25, 0.3) is 0 Å². The van der Waals surface area contributed by atoms with Gasteiger partial charge in [0.15, 0.2) is 0 Å². The lowest BCUT2D eigenvalue weighted by molar-refractivity contribution is -0.386. The molecule has 3 rings (SSSR count). The first-order valence-corrected chi connectivity index (χ1v) is 10.1. The lowest BCUT2D eigenvalue weighted by Gasteiger charge is -2.26. The van der Waals surface area contributed by atoms with Crippen molar-refractivity contribution in [1.82, 2.24) is 19.7 Å². The van der Waals surface area contributed by atoms with E-state index in [1.807, 2.05) is 0 Å². The van der Waals surface area contributed by atoms with E-state index in [-0.39, 0.29) is 47.3 Å². The number of nitrogens with one attached hydrogen (secondary N) is 1. The van der Waals surface area contributed by atoms with Gasteiger partial charge in [-0.25, -0.2) is 9.37 Å². The first kappa shape index (κ1) is 23.4. The van der Waals surface area contributed by atoms with Gasteiger partial charge in [0.05, 0.1) is 23.8 Å². The Hall–Kier alpha value is -2.28. The summed E-state index contributed by atoms with van der Waals surface area (Å²) >= 11 is 11.8. The Balaban J connectivity index is 1.71. The minimum Gasteiger partial charge on any atom is -0.469 e. The van der Waals surface area contributed by atoms with E-state index in [2.05, 4.69) is 20.4 Å². The summed E-state index contributed by atoms with van der Waals surface area (Å²) in [6.45, 7) is 1.92. The van der Waals surface area contributed by atoms with Gasteiger partial charge in [-0.3, -0.25) is 14.8 Å². The molecule has 1 aliphatic heterocycles. The van der Waals surface area contributed by atoms with E-state index < -0.39 is 23.2 Å². The molecule has 0 amide bonds. The zero-order valence-corrected chi connectivity index (χ0v) is 18.3. The molecule has 1 N–H and O–H groups in total. The van der Waals surface area contributed by atoms with Crippen LogP contribution in [0.1, 0.15) is 18.2 Å². The zero-order valence-electron chi connectivity index (χ0n) is 16.8. The topological polar surface area (TPSA) is 126 Å². The average Bonchev–Trinajstić information content (AvgIpc) is 3.07. The highest BCUT2D eigenvalue weighted by Crippen LogP contribution is 2.35. The highest BCUT2D eigenvalue weighted by Gasteiger charge is 2.35. The van der Waals surface area contributed by atoms with Crippen molar-refractivity contribution in [3.05, 3.63) is 32.3 Å². The van der Waals surface area contributed by atoms with E-state index in [0.717, 1.165) is 0 Å². The molecular formula is C17H21Cl2FN6O5. The Morgan fingerprint density at radius 3 is 2.97 bits per heavy atom. The van der Waals surface area contributed by atoms with E-state index >= 15 is 0 Å². The van der Waals surface area contributed by atoms with Crippen molar-refractivity contribution in [3.8, 4) is 5.88 Å². The number of alkyl halides is 1. The van der Waals surface area contributed by atoms with Crippen molar-refractivity contribution in [2.45, 2.75) is 31.7 Å². The highest BCUT2D eigenvalue weighted by atomic mass is 35.5. The largest absolute Gasteiger partial charge is 0.469 e. The summed E-state index contributed by atoms with van der Waals surface area (Å²) in [5.41, 5.74) is -0.101. The lowest BCUT2D eigenvalue weighted by Crippen LogP contribution is -2.32. The molecule has 14 heteroatoms. The second kappa shape index (κ2) is 10.4. The molecule has 2 aromatic rings. The van der Waals surface area contributed by atoms with E-state index in [0.29, 0.717) is 18.8 Å². The van der Waals surface area contributed by atoms with Crippen molar-refractivity contribution in [2.75, 3.05) is 38.8 Å². The maximum absolute atomic E-state index is 14.3. The van der Waals surface area contributed by atoms with E-state index in [1.165, 1.54) is 24.9 Å². The van der Waals surface area contributed by atoms with Gasteiger partial charge in [-0.1, -0.05) is 11.6 Å². The number of methoxy groups -OCH3 is 1. The molecule has 3 unspecified atom stereocenters. The molecule has 170 valence electrons. The molecule has 0 bridgehead atoms. The summed E-state index contributed by atoms with van der Waals surface area (Å²) in [6.07, 6.45) is -0.148. The SMILES string of the molecule is COC(CNc1nc(Cl)ncc1Cl)COc1nn(C2CCOCC2F)c(C)c1[N+](=O)[O-]. The van der Waals surface area contributed by atoms with Crippen molar-refractivity contribution < 1.29 is 23.5 Å². The fraction of sp³-hybridized carbons (Fsp3) is 0.588. The van der Waals surface area contributed by atoms with Gasteiger partial charge in [0.2, 0.25) is 5.28 Å². The van der Waals surface area contributed by atoms with Crippen LogP contribution in [0, 0.1) is 17.0 Å². The number of ether oxygens (including phenoxy) is 3. The minimum absolute atomic E-state index is 0.0213. The van der Waals surface area contributed by atoms with Crippen LogP contribution >= 0.6 is 23.2 Å². The molecule has 0 radical (unpaired) electrons. The van der Waals surface area contributed by atoms with E-state index in [1.54, 1.807) is 0 Å². The predicted molar refractivity (Wildman–Crippen MR) is 110 cm³/mol. The summed E-state index contributed by atoms with van der Waals surface area (Å²) in [5.74, 6) is 0.106. The maximum Gasteiger partial charge on any atom is 0.352 e. The van der Waals surface area contributed by atoms with Gasteiger partial charge in [0, 0.05) is 20.3 Å². The molecular weight excluding hydrogens is 458 g/mol. The summed E-state index contributed by atoms with van der Waals surface area (Å²) < 4.78 is 31.6. The number of rotatable bonds is 9. The number of aromatic nitrogens is 4. The summed E-state index contributed by atoms with van der Waals surface area (Å²) in [7, 11) is 1.46. The van der Waals surface area contributed by atoms with Gasteiger partial charge < -0.3 is 19.5 Å². The lowest BCUT2D eigenvalue weighted by atomic mass is 10.1. The molecule has 0 saturated carbocycles. The molecule has 0 spiro atoms. The van der Waals surface area contributed by atoms with Crippen LogP contribution in [-0.4, -0.2) is 70.4 Å². The Bertz CT molecular complexity index is 933. The first-order chi connectivity index (χ1) is 14.8. The molecule has 0 aromatic carbocycles. The van der Waals surface area contributed by atoms with Crippen LogP contribution in [0.15, 0.2) is 6.20 Å². The zero-order chi connectivity index (χ0) is 22.5. The van der Waals surface area contributed by atoms with Crippen LogP contribution in [0.4, 0.5) is 15.9 Å². The number of hydrogen-bond acceptors (Lipinski definition) is 9. The molecule has 3 heterocycles. The molecule has 1 aliphatic rings. The Kier molecular flexibility index (Phi) is 7.81. The second-order valence-electron chi connectivity index (χ2n) is 6.77. The van der Waals surface area contributed by atoms with E-state index in [9.17, 15) is 14.5 Å². The summed E-state index contributed by atoms with van der Waals surface area (Å²) in [6, 6.07) is -0.658. The van der Waals surface area contributed by atoms with Crippen LogP contribution < -0.4 is 10.1 Å². The van der Waals surface area contributed by atoms with Gasteiger partial charge in [-0.2, -0.15) is 4.98 Å². The third kappa shape index (κ3) is 5.50. The molecule has 1 fully saturated rings. The number of anilines is 1. The molecule has 11 nitrogen and oxygen atoms in total. The predicted octanol–water partition coefficient (Wildman–Crippen LogP) is 3.00. The maximum atomic E-state index is 14.3. The fourth-order valence-corrected chi connectivity index (χ4v) is 3.43. The minimum atomic E-state index is -1.32. The van der Waals surface area contributed by atoms with Gasteiger partial charge in [-0.05, 0) is 24.9 Å². The summed E-state index contributed by atoms with van der Waals surface area (Å²) in [4.78, 5) is 18.7. The van der Waals surface area contributed by atoms with Crippen molar-refractivity contribution >= 4 is 34.7 Å². The number of nitrogens with zero attached hydrogens (tertiary/aromatic N) is 5. The highest BCUT2D eigenvalue weighted by molar-refractivity contribution is 6.33. The van der Waals surface area contributed by atoms with Crippen LogP contribution in [-0.2, 0) is 9.47 Å². The second-order valence-corrected chi connectivity index (χ2v) is 7.52. The van der Waals surface area contributed by atoms with Crippen molar-refractivity contribution in [2.24, 2.45) is 0 Å². The molecule has 2 aromatic heterocycles. The molecule has 31 heavy (non-hydrogen) atoms. The average molecular weight is 479 g/mol. The number of hydrogen-bond donors (Lipinski definition) is 1. The van der Waals surface area contributed by atoms with Gasteiger partial charge in [0.1, 0.15) is 35.4 Å².